The normalized spacial score (nSPS) is 18.1. The number of likely N-dealkylation sites (tertiary alicyclic amines) is 1. The first-order valence-corrected chi connectivity index (χ1v) is 6.63. The molecular weight excluding hydrogens is 260 g/mol. The molecular formula is C13H18N4O3. The number of aromatic amines is 1. The fraction of sp³-hybridized carbons (Fsp3) is 0.462. The van der Waals surface area contributed by atoms with Gasteiger partial charge in [-0.25, -0.2) is 4.79 Å². The molecule has 0 spiro atoms. The van der Waals surface area contributed by atoms with Crippen LogP contribution < -0.4 is 16.2 Å². The summed E-state index contributed by atoms with van der Waals surface area (Å²) >= 11 is 0. The summed E-state index contributed by atoms with van der Waals surface area (Å²) in [6.45, 7) is 3.23. The van der Waals surface area contributed by atoms with Gasteiger partial charge in [0.15, 0.2) is 0 Å². The molecule has 0 saturated carbocycles. The van der Waals surface area contributed by atoms with Crippen LogP contribution in [0, 0.1) is 0 Å². The minimum Gasteiger partial charge on any atom is -0.341 e. The Morgan fingerprint density at radius 2 is 2.30 bits per heavy atom. The van der Waals surface area contributed by atoms with Crippen LogP contribution in [0.25, 0.3) is 0 Å². The molecule has 1 aromatic heterocycles. The molecule has 0 aliphatic carbocycles. The van der Waals surface area contributed by atoms with Gasteiger partial charge in [-0.05, 0) is 18.6 Å². The summed E-state index contributed by atoms with van der Waals surface area (Å²) in [6.07, 6.45) is 2.69. The van der Waals surface area contributed by atoms with Crippen molar-refractivity contribution in [3.8, 4) is 0 Å². The minimum absolute atomic E-state index is 0.0507. The molecule has 0 radical (unpaired) electrons. The minimum atomic E-state index is -0.474. The second kappa shape index (κ2) is 6.23. The summed E-state index contributed by atoms with van der Waals surface area (Å²) < 4.78 is 0. The van der Waals surface area contributed by atoms with Gasteiger partial charge >= 0.3 is 6.03 Å². The summed E-state index contributed by atoms with van der Waals surface area (Å²) in [6, 6.07) is 2.45. The molecule has 2 heterocycles. The van der Waals surface area contributed by atoms with Crippen LogP contribution in [-0.2, 0) is 4.79 Å². The summed E-state index contributed by atoms with van der Waals surface area (Å²) in [5, 5.41) is 5.18. The maximum atomic E-state index is 11.8. The molecule has 20 heavy (non-hydrogen) atoms. The number of rotatable bonds is 4. The monoisotopic (exact) mass is 278 g/mol. The van der Waals surface area contributed by atoms with Gasteiger partial charge in [0.25, 0.3) is 5.56 Å². The number of hydrogen-bond acceptors (Lipinski definition) is 3. The van der Waals surface area contributed by atoms with Crippen molar-refractivity contribution in [1.29, 1.82) is 0 Å². The number of aromatic nitrogens is 1. The highest BCUT2D eigenvalue weighted by molar-refractivity contribution is 5.90. The first-order valence-electron chi connectivity index (χ1n) is 6.63. The zero-order chi connectivity index (χ0) is 14.5. The van der Waals surface area contributed by atoms with Crippen LogP contribution in [0.3, 0.4) is 0 Å². The van der Waals surface area contributed by atoms with Gasteiger partial charge in [-0.2, -0.15) is 0 Å². The topological polar surface area (TPSA) is 94.3 Å². The maximum Gasteiger partial charge on any atom is 0.319 e. The Balaban J connectivity index is 1.88. The Kier molecular flexibility index (Phi) is 4.39. The molecule has 2 rings (SSSR count). The highest BCUT2D eigenvalue weighted by atomic mass is 16.2. The van der Waals surface area contributed by atoms with Crippen molar-refractivity contribution < 1.29 is 9.59 Å². The van der Waals surface area contributed by atoms with E-state index < -0.39 is 6.03 Å². The van der Waals surface area contributed by atoms with Crippen LogP contribution in [0.5, 0.6) is 0 Å². The van der Waals surface area contributed by atoms with Gasteiger partial charge in [0.2, 0.25) is 5.91 Å². The van der Waals surface area contributed by atoms with Crippen LogP contribution >= 0.6 is 0 Å². The number of anilines is 1. The molecule has 0 aromatic carbocycles. The summed E-state index contributed by atoms with van der Waals surface area (Å²) in [7, 11) is 0. The number of amides is 3. The van der Waals surface area contributed by atoms with Crippen molar-refractivity contribution in [3.63, 3.8) is 0 Å². The quantitative estimate of drug-likeness (QED) is 0.749. The van der Waals surface area contributed by atoms with Crippen LogP contribution in [0.15, 0.2) is 23.1 Å². The molecule has 1 fully saturated rings. The molecule has 1 saturated heterocycles. The summed E-state index contributed by atoms with van der Waals surface area (Å²) in [5.41, 5.74) is -0.183. The van der Waals surface area contributed by atoms with Gasteiger partial charge in [-0.3, -0.25) is 9.59 Å². The van der Waals surface area contributed by atoms with E-state index in [-0.39, 0.29) is 23.2 Å². The van der Waals surface area contributed by atoms with Gasteiger partial charge in [-0.1, -0.05) is 6.92 Å². The molecule has 3 amide bonds. The van der Waals surface area contributed by atoms with Gasteiger partial charge in [0.1, 0.15) is 5.69 Å². The molecule has 1 aliphatic heterocycles. The number of nitrogens with zero attached hydrogens (tertiary/aromatic N) is 1. The predicted octanol–water partition coefficient (Wildman–Crippen LogP) is 0.507. The zero-order valence-electron chi connectivity index (χ0n) is 11.3. The van der Waals surface area contributed by atoms with E-state index in [0.717, 1.165) is 6.42 Å². The number of pyridine rings is 1. The largest absolute Gasteiger partial charge is 0.341 e. The third kappa shape index (κ3) is 3.37. The van der Waals surface area contributed by atoms with E-state index in [1.165, 1.54) is 12.3 Å². The predicted molar refractivity (Wildman–Crippen MR) is 74.5 cm³/mol. The highest BCUT2D eigenvalue weighted by Gasteiger charge is 2.29. The lowest BCUT2D eigenvalue weighted by Crippen LogP contribution is -2.40. The summed E-state index contributed by atoms with van der Waals surface area (Å²) in [4.78, 5) is 39.1. The molecule has 1 atom stereocenters. The zero-order valence-corrected chi connectivity index (χ0v) is 11.3. The fourth-order valence-corrected chi connectivity index (χ4v) is 2.22. The van der Waals surface area contributed by atoms with E-state index >= 15 is 0 Å². The molecule has 7 nitrogen and oxygen atoms in total. The maximum absolute atomic E-state index is 11.8. The third-order valence-electron chi connectivity index (χ3n) is 3.11. The lowest BCUT2D eigenvalue weighted by atomic mass is 10.2. The van der Waals surface area contributed by atoms with Crippen LogP contribution in [0.2, 0.25) is 0 Å². The molecule has 3 N–H and O–H groups in total. The van der Waals surface area contributed by atoms with Gasteiger partial charge in [0.05, 0.1) is 6.04 Å². The lowest BCUT2D eigenvalue weighted by Gasteiger charge is -2.16. The Morgan fingerprint density at radius 3 is 3.00 bits per heavy atom. The fourth-order valence-electron chi connectivity index (χ4n) is 2.22. The van der Waals surface area contributed by atoms with Crippen molar-refractivity contribution in [2.45, 2.75) is 25.8 Å². The lowest BCUT2D eigenvalue weighted by molar-refractivity contribution is -0.127. The molecule has 0 bridgehead atoms. The molecule has 1 aromatic rings. The Hall–Kier alpha value is -2.31. The number of carbonyl (C=O) groups is 2. The Labute approximate surface area is 116 Å². The van der Waals surface area contributed by atoms with E-state index in [0.29, 0.717) is 19.5 Å². The second-order valence-electron chi connectivity index (χ2n) is 4.75. The molecule has 1 aliphatic rings. The standard InChI is InChI=1S/C13H18N4O3/c1-2-6-17-8-9(7-11(17)18)15-13(20)16-10-4-3-5-14-12(10)19/h3-5,9H,2,6-8H2,1H3,(H,14,19)(H2,15,16,20)/t9-/m0/s1. The Bertz CT molecular complexity index is 555. The number of carbonyl (C=O) groups excluding carboxylic acids is 2. The molecule has 108 valence electrons. The van der Waals surface area contributed by atoms with E-state index in [1.807, 2.05) is 6.92 Å². The highest BCUT2D eigenvalue weighted by Crippen LogP contribution is 2.11. The van der Waals surface area contributed by atoms with Crippen molar-refractivity contribution in [2.75, 3.05) is 18.4 Å². The van der Waals surface area contributed by atoms with Gasteiger partial charge in [0, 0.05) is 25.7 Å². The first-order chi connectivity index (χ1) is 9.60. The smallest absolute Gasteiger partial charge is 0.319 e. The summed E-state index contributed by atoms with van der Waals surface area (Å²) in [5.74, 6) is 0.0507. The van der Waals surface area contributed by atoms with Crippen molar-refractivity contribution in [3.05, 3.63) is 28.7 Å². The molecule has 0 unspecified atom stereocenters. The average molecular weight is 278 g/mol. The van der Waals surface area contributed by atoms with Crippen molar-refractivity contribution in [2.24, 2.45) is 0 Å². The van der Waals surface area contributed by atoms with Gasteiger partial charge < -0.3 is 20.5 Å². The van der Waals surface area contributed by atoms with Crippen LogP contribution in [-0.4, -0.2) is 41.0 Å². The number of hydrogen-bond donors (Lipinski definition) is 3. The third-order valence-corrected chi connectivity index (χ3v) is 3.11. The van der Waals surface area contributed by atoms with Crippen molar-refractivity contribution >= 4 is 17.6 Å². The first kappa shape index (κ1) is 14.1. The van der Waals surface area contributed by atoms with E-state index in [1.54, 1.807) is 11.0 Å². The Morgan fingerprint density at radius 1 is 1.50 bits per heavy atom. The van der Waals surface area contributed by atoms with Crippen LogP contribution in [0.1, 0.15) is 19.8 Å². The van der Waals surface area contributed by atoms with Gasteiger partial charge in [-0.15, -0.1) is 0 Å². The SMILES string of the molecule is CCCN1C[C@@H](NC(=O)Nc2ccc[nH]c2=O)CC1=O. The van der Waals surface area contributed by atoms with Crippen molar-refractivity contribution in [1.82, 2.24) is 15.2 Å². The number of urea groups is 1. The second-order valence-corrected chi connectivity index (χ2v) is 4.75. The van der Waals surface area contributed by atoms with E-state index in [2.05, 4.69) is 15.6 Å². The van der Waals surface area contributed by atoms with Crippen LogP contribution in [0.4, 0.5) is 10.5 Å². The molecule has 7 heteroatoms. The van der Waals surface area contributed by atoms with E-state index in [4.69, 9.17) is 0 Å². The van der Waals surface area contributed by atoms with E-state index in [9.17, 15) is 14.4 Å². The average Bonchev–Trinajstić information content (AvgIpc) is 2.73. The number of nitrogens with one attached hydrogen (secondary N) is 3. The number of H-pyrrole nitrogens is 1.